The SMILES string of the molecule is CCNOS(=O)(=O)CCC[N+]1=C(C=CC=C2N(CCCCS(=O)(=O)O)c3ccc4ccccc4c3C2(C)C)C(C)(C)c2c1ccc1ccccc21. The van der Waals surface area contributed by atoms with Gasteiger partial charge in [0.15, 0.2) is 5.71 Å². The summed E-state index contributed by atoms with van der Waals surface area (Å²) in [7, 11) is -7.76. The van der Waals surface area contributed by atoms with Crippen molar-refractivity contribution in [2.24, 2.45) is 0 Å². The minimum absolute atomic E-state index is 0.117. The molecule has 0 saturated heterocycles. The molecular formula is C40H48N3O6S2+. The number of rotatable bonds is 14. The average molecular weight is 731 g/mol. The molecular weight excluding hydrogens is 683 g/mol. The lowest BCUT2D eigenvalue weighted by molar-refractivity contribution is -0.437. The molecule has 4 aromatic rings. The van der Waals surface area contributed by atoms with E-state index in [0.29, 0.717) is 38.9 Å². The van der Waals surface area contributed by atoms with Crippen LogP contribution >= 0.6 is 0 Å². The van der Waals surface area contributed by atoms with Gasteiger partial charge < -0.3 is 4.90 Å². The van der Waals surface area contributed by atoms with Crippen LogP contribution in [0.3, 0.4) is 0 Å². The van der Waals surface area contributed by atoms with Gasteiger partial charge in [-0.15, -0.1) is 0 Å². The maximum absolute atomic E-state index is 12.5. The van der Waals surface area contributed by atoms with Gasteiger partial charge in [-0.05, 0) is 72.0 Å². The van der Waals surface area contributed by atoms with Crippen LogP contribution in [0.15, 0.2) is 96.7 Å². The minimum atomic E-state index is -4.04. The third-order valence-corrected chi connectivity index (χ3v) is 12.1. The highest BCUT2D eigenvalue weighted by molar-refractivity contribution is 7.86. The van der Waals surface area contributed by atoms with E-state index >= 15 is 0 Å². The average Bonchev–Trinajstić information content (AvgIpc) is 3.44. The van der Waals surface area contributed by atoms with E-state index < -0.39 is 20.2 Å². The predicted octanol–water partition coefficient (Wildman–Crippen LogP) is 7.54. The van der Waals surface area contributed by atoms with Gasteiger partial charge in [-0.25, -0.2) is 0 Å². The molecule has 6 rings (SSSR count). The first-order valence-corrected chi connectivity index (χ1v) is 20.8. The summed E-state index contributed by atoms with van der Waals surface area (Å²) >= 11 is 0. The van der Waals surface area contributed by atoms with Gasteiger partial charge in [-0.3, -0.25) is 4.55 Å². The number of fused-ring (bicyclic) bond motifs is 6. The number of hydroxylamine groups is 1. The molecule has 270 valence electrons. The fourth-order valence-electron chi connectivity index (χ4n) is 7.93. The second-order valence-corrected chi connectivity index (χ2v) is 17.7. The molecule has 0 saturated carbocycles. The van der Waals surface area contributed by atoms with Crippen molar-refractivity contribution in [3.63, 3.8) is 0 Å². The second-order valence-electron chi connectivity index (χ2n) is 14.4. The fourth-order valence-corrected chi connectivity index (χ4v) is 9.36. The molecule has 11 heteroatoms. The van der Waals surface area contributed by atoms with Crippen LogP contribution in [-0.2, 0) is 35.4 Å². The molecule has 0 fully saturated rings. The predicted molar refractivity (Wildman–Crippen MR) is 207 cm³/mol. The Bertz CT molecular complexity index is 2290. The van der Waals surface area contributed by atoms with Crippen LogP contribution in [0.2, 0.25) is 0 Å². The lowest BCUT2D eigenvalue weighted by Gasteiger charge is -2.27. The molecule has 0 radical (unpaired) electrons. The number of hydrogen-bond acceptors (Lipinski definition) is 7. The van der Waals surface area contributed by atoms with Gasteiger partial charge in [0.05, 0.1) is 16.9 Å². The van der Waals surface area contributed by atoms with E-state index in [-0.39, 0.29) is 22.3 Å². The van der Waals surface area contributed by atoms with Crippen LogP contribution in [0.5, 0.6) is 0 Å². The van der Waals surface area contributed by atoms with Gasteiger partial charge in [-0.1, -0.05) is 81.4 Å². The monoisotopic (exact) mass is 730 g/mol. The Kier molecular flexibility index (Phi) is 10.3. The van der Waals surface area contributed by atoms with Crippen molar-refractivity contribution < 1.29 is 30.2 Å². The Labute approximate surface area is 302 Å². The Morgan fingerprint density at radius 3 is 2.12 bits per heavy atom. The molecule has 51 heavy (non-hydrogen) atoms. The molecule has 2 N–H and O–H groups in total. The van der Waals surface area contributed by atoms with E-state index in [1.165, 1.54) is 21.9 Å². The summed E-state index contributed by atoms with van der Waals surface area (Å²) in [6, 6.07) is 25.3. The van der Waals surface area contributed by atoms with E-state index in [4.69, 9.17) is 4.28 Å². The van der Waals surface area contributed by atoms with E-state index in [1.807, 2.05) is 12.1 Å². The first-order chi connectivity index (χ1) is 24.2. The Morgan fingerprint density at radius 1 is 0.804 bits per heavy atom. The Balaban J connectivity index is 1.40. The number of allylic oxidation sites excluding steroid dienone is 4. The maximum atomic E-state index is 12.5. The third kappa shape index (κ3) is 7.41. The van der Waals surface area contributed by atoms with Crippen molar-refractivity contribution >= 4 is 58.9 Å². The molecule has 2 aliphatic heterocycles. The molecule has 4 aromatic carbocycles. The summed E-state index contributed by atoms with van der Waals surface area (Å²) in [4.78, 5) is 2.29. The van der Waals surface area contributed by atoms with Gasteiger partial charge in [0.1, 0.15) is 6.54 Å². The summed E-state index contributed by atoms with van der Waals surface area (Å²) in [6.45, 7) is 12.2. The van der Waals surface area contributed by atoms with Crippen molar-refractivity contribution in [2.75, 3.05) is 36.0 Å². The van der Waals surface area contributed by atoms with Gasteiger partial charge in [0.25, 0.3) is 20.2 Å². The normalized spacial score (nSPS) is 17.7. The fraction of sp³-hybridized carbons (Fsp3) is 0.375. The summed E-state index contributed by atoms with van der Waals surface area (Å²) in [5, 5.41) is 4.67. The maximum Gasteiger partial charge on any atom is 0.283 e. The molecule has 0 unspecified atom stereocenters. The molecule has 0 aromatic heterocycles. The molecule has 0 bridgehead atoms. The highest BCUT2D eigenvalue weighted by Crippen LogP contribution is 2.51. The van der Waals surface area contributed by atoms with Crippen LogP contribution in [-0.4, -0.2) is 62.8 Å². The Hall–Kier alpha value is -3.87. The number of nitrogens with zero attached hydrogens (tertiary/aromatic N) is 2. The van der Waals surface area contributed by atoms with Gasteiger partial charge in [0, 0.05) is 54.0 Å². The highest BCUT2D eigenvalue weighted by atomic mass is 32.2. The molecule has 0 aliphatic carbocycles. The van der Waals surface area contributed by atoms with Crippen molar-refractivity contribution in [1.29, 1.82) is 0 Å². The van der Waals surface area contributed by atoms with Crippen LogP contribution in [0.4, 0.5) is 11.4 Å². The molecule has 0 spiro atoms. The zero-order chi connectivity index (χ0) is 36.6. The van der Waals surface area contributed by atoms with E-state index in [9.17, 15) is 21.4 Å². The van der Waals surface area contributed by atoms with Crippen LogP contribution in [0.25, 0.3) is 21.5 Å². The first kappa shape index (κ1) is 36.9. The lowest BCUT2D eigenvalue weighted by Crippen LogP contribution is -2.29. The summed E-state index contributed by atoms with van der Waals surface area (Å²) in [5.41, 5.74) is 8.47. The molecule has 2 heterocycles. The number of nitrogens with one attached hydrogen (secondary N) is 1. The summed E-state index contributed by atoms with van der Waals surface area (Å²) in [5.74, 6) is -0.386. The van der Waals surface area contributed by atoms with Crippen molar-refractivity contribution in [3.05, 3.63) is 108 Å². The third-order valence-electron chi connectivity index (χ3n) is 10.2. The number of anilines is 1. The number of unbranched alkanes of at least 4 members (excludes halogenated alkanes) is 1. The van der Waals surface area contributed by atoms with Crippen LogP contribution < -0.4 is 10.4 Å². The minimum Gasteiger partial charge on any atom is -0.344 e. The summed E-state index contributed by atoms with van der Waals surface area (Å²) < 4.78 is 64.5. The van der Waals surface area contributed by atoms with Crippen molar-refractivity contribution in [2.45, 2.75) is 64.7 Å². The molecule has 0 amide bonds. The molecule has 9 nitrogen and oxygen atoms in total. The smallest absolute Gasteiger partial charge is 0.283 e. The van der Waals surface area contributed by atoms with E-state index in [2.05, 4.69) is 122 Å². The largest absolute Gasteiger partial charge is 0.344 e. The van der Waals surface area contributed by atoms with Crippen LogP contribution in [0, 0.1) is 0 Å². The topological polar surface area (TPSA) is 116 Å². The standard InChI is InChI=1S/C40H47N3O6S2/c1-6-41-49-51(47,48)28-14-26-43-34-24-22-30-16-8-10-18-32(30)38(34)40(4,5)36(43)20-13-19-35-39(2,3)37-31-17-9-7-15-29(31)21-23-33(37)42(35)25-11-12-27-50(44,45)46/h7-10,13,15-24,41H,6,11-12,14,25-28H2,1-5H3/p+1. The number of benzene rings is 4. The van der Waals surface area contributed by atoms with E-state index in [1.54, 1.807) is 6.92 Å². The quantitative estimate of drug-likeness (QED) is 0.0592. The zero-order valence-electron chi connectivity index (χ0n) is 30.0. The molecule has 2 aliphatic rings. The molecule has 0 atom stereocenters. The Morgan fingerprint density at radius 2 is 1.45 bits per heavy atom. The number of hydrogen-bond donors (Lipinski definition) is 2. The van der Waals surface area contributed by atoms with Gasteiger partial charge in [0.2, 0.25) is 5.69 Å². The lowest BCUT2D eigenvalue weighted by atomic mass is 9.79. The highest BCUT2D eigenvalue weighted by Gasteiger charge is 2.46. The van der Waals surface area contributed by atoms with E-state index in [0.717, 1.165) is 33.6 Å². The van der Waals surface area contributed by atoms with Crippen molar-refractivity contribution in [1.82, 2.24) is 5.48 Å². The van der Waals surface area contributed by atoms with Crippen LogP contribution in [0.1, 0.15) is 65.0 Å². The van der Waals surface area contributed by atoms with Crippen molar-refractivity contribution in [3.8, 4) is 0 Å². The second kappa shape index (κ2) is 14.3. The zero-order valence-corrected chi connectivity index (χ0v) is 31.6. The summed E-state index contributed by atoms with van der Waals surface area (Å²) in [6.07, 6.45) is 7.73. The van der Waals surface area contributed by atoms with Gasteiger partial charge >= 0.3 is 0 Å². The van der Waals surface area contributed by atoms with Gasteiger partial charge in [-0.2, -0.15) is 31.2 Å². The first-order valence-electron chi connectivity index (χ1n) is 17.6.